The maximum absolute atomic E-state index is 14.4. The number of nitriles is 1. The van der Waals surface area contributed by atoms with Gasteiger partial charge in [0.15, 0.2) is 0 Å². The number of hydrogen-bond donors (Lipinski definition) is 1. The first-order valence-corrected chi connectivity index (χ1v) is 15.2. The summed E-state index contributed by atoms with van der Waals surface area (Å²) in [4.78, 5) is 14.5. The molecule has 0 radical (unpaired) electrons. The van der Waals surface area contributed by atoms with Crippen LogP contribution in [0.1, 0.15) is 72.4 Å². The lowest BCUT2D eigenvalue weighted by atomic mass is 9.53. The Morgan fingerprint density at radius 3 is 2.95 bits per heavy atom. The van der Waals surface area contributed by atoms with Crippen LogP contribution in [0.2, 0.25) is 0 Å². The highest BCUT2D eigenvalue weighted by molar-refractivity contribution is 5.65. The van der Waals surface area contributed by atoms with E-state index in [9.17, 15) is 9.65 Å². The van der Waals surface area contributed by atoms with Crippen molar-refractivity contribution in [1.82, 2.24) is 14.9 Å². The fourth-order valence-corrected chi connectivity index (χ4v) is 8.65. The highest BCUT2D eigenvalue weighted by Crippen LogP contribution is 2.62. The normalized spacial score (nSPS) is 33.9. The highest BCUT2D eigenvalue weighted by atomic mass is 19.1. The van der Waals surface area contributed by atoms with Crippen LogP contribution in [0, 0.1) is 17.2 Å². The number of nitrogens with zero attached hydrogens (tertiary/aromatic N) is 5. The molecule has 1 spiro atoms. The molecule has 216 valence electrons. The largest absolute Gasteiger partial charge is 0.461 e. The molecule has 3 saturated heterocycles. The van der Waals surface area contributed by atoms with E-state index in [-0.39, 0.29) is 5.54 Å². The van der Waals surface area contributed by atoms with Gasteiger partial charge < -0.3 is 24.8 Å². The van der Waals surface area contributed by atoms with Gasteiger partial charge in [0.05, 0.1) is 30.0 Å². The number of anilines is 2. The Hall–Kier alpha value is -3.00. The molecule has 9 rings (SSSR count). The van der Waals surface area contributed by atoms with Gasteiger partial charge in [0.2, 0.25) is 0 Å². The van der Waals surface area contributed by atoms with Crippen LogP contribution in [0.3, 0.4) is 0 Å². The summed E-state index contributed by atoms with van der Waals surface area (Å²) in [6, 6.07) is 6.70. The predicted octanol–water partition coefficient (Wildman–Crippen LogP) is 3.59. The van der Waals surface area contributed by atoms with Crippen LogP contribution in [-0.4, -0.2) is 72.6 Å². The van der Waals surface area contributed by atoms with Crippen LogP contribution in [0.4, 0.5) is 15.9 Å². The van der Waals surface area contributed by atoms with Crippen molar-refractivity contribution >= 4 is 11.5 Å². The van der Waals surface area contributed by atoms with E-state index in [2.05, 4.69) is 21.9 Å². The first kappa shape index (κ1) is 25.7. The van der Waals surface area contributed by atoms with Crippen molar-refractivity contribution in [3.8, 4) is 12.1 Å². The van der Waals surface area contributed by atoms with Crippen LogP contribution in [0.25, 0.3) is 0 Å². The molecular weight excluding hydrogens is 523 g/mol. The van der Waals surface area contributed by atoms with Gasteiger partial charge in [0, 0.05) is 55.9 Å². The molecule has 4 aliphatic heterocycles. The summed E-state index contributed by atoms with van der Waals surface area (Å²) in [5.41, 5.74) is 10.5. The van der Waals surface area contributed by atoms with Crippen LogP contribution in [-0.2, 0) is 28.1 Å². The number of alkyl halides is 1. The van der Waals surface area contributed by atoms with Gasteiger partial charge in [0.1, 0.15) is 30.3 Å². The minimum Gasteiger partial charge on any atom is -0.461 e. The van der Waals surface area contributed by atoms with Gasteiger partial charge in [-0.2, -0.15) is 15.2 Å². The van der Waals surface area contributed by atoms with Crippen molar-refractivity contribution in [2.45, 2.75) is 74.8 Å². The number of halogens is 1. The van der Waals surface area contributed by atoms with Crippen LogP contribution in [0.15, 0.2) is 12.1 Å². The number of nitrogen functional groups attached to an aromatic ring is 1. The Bertz CT molecular complexity index is 1420. The van der Waals surface area contributed by atoms with E-state index < -0.39 is 11.8 Å². The van der Waals surface area contributed by atoms with E-state index in [0.717, 1.165) is 81.0 Å². The number of ether oxygens (including phenoxy) is 3. The molecular formula is C31H37FN6O3. The zero-order valence-corrected chi connectivity index (χ0v) is 23.4. The van der Waals surface area contributed by atoms with Gasteiger partial charge in [-0.05, 0) is 62.1 Å². The second kappa shape index (κ2) is 9.51. The minimum atomic E-state index is -0.813. The van der Waals surface area contributed by atoms with Crippen LogP contribution >= 0.6 is 0 Å². The fraction of sp³-hybridized carbons (Fsp3) is 0.645. The number of benzene rings is 1. The van der Waals surface area contributed by atoms with Gasteiger partial charge in [-0.15, -0.1) is 0 Å². The molecule has 2 aromatic rings. The first-order valence-electron chi connectivity index (χ1n) is 15.2. The van der Waals surface area contributed by atoms with Gasteiger partial charge in [-0.3, -0.25) is 4.90 Å². The van der Waals surface area contributed by atoms with Crippen molar-refractivity contribution < 1.29 is 18.6 Å². The summed E-state index contributed by atoms with van der Waals surface area (Å²) in [7, 11) is 0. The van der Waals surface area contributed by atoms with Crippen LogP contribution < -0.4 is 15.4 Å². The van der Waals surface area contributed by atoms with E-state index in [1.165, 1.54) is 5.56 Å². The summed E-state index contributed by atoms with van der Waals surface area (Å²) in [6.07, 6.45) is 5.24. The number of aromatic nitrogens is 2. The third-order valence-corrected chi connectivity index (χ3v) is 10.7. The quantitative estimate of drug-likeness (QED) is 0.561. The standard InChI is InChI=1S/C31H37FN6O3/c32-21-13-30(5-1-7-38(30)16-21)18-40-29-35-26-14-31(41-17-24(26)28(36-29)37-6-2-9-39-10-8-37)20-11-19(12-20)22-3-4-25(34)23(15-33)27(22)31/h3-4,19-21H,1-2,5-14,16-18,34H2. The Morgan fingerprint density at radius 2 is 2.07 bits per heavy atom. The molecule has 5 heterocycles. The van der Waals surface area contributed by atoms with Gasteiger partial charge in [-0.25, -0.2) is 4.39 Å². The van der Waals surface area contributed by atoms with Gasteiger partial charge in [0.25, 0.3) is 0 Å². The molecule has 1 saturated carbocycles. The number of rotatable bonds is 4. The third kappa shape index (κ3) is 3.89. The molecule has 2 bridgehead atoms. The van der Waals surface area contributed by atoms with Gasteiger partial charge in [-0.1, -0.05) is 6.07 Å². The minimum absolute atomic E-state index is 0.276. The van der Waals surface area contributed by atoms with E-state index >= 15 is 0 Å². The molecule has 2 N–H and O–H groups in total. The molecule has 3 unspecified atom stereocenters. The average molecular weight is 561 g/mol. The predicted molar refractivity (Wildman–Crippen MR) is 149 cm³/mol. The summed E-state index contributed by atoms with van der Waals surface area (Å²) in [6.45, 7) is 5.09. The van der Waals surface area contributed by atoms with Crippen molar-refractivity contribution in [1.29, 1.82) is 5.26 Å². The summed E-state index contributed by atoms with van der Waals surface area (Å²) in [5.74, 6) is 1.61. The number of fused-ring (bicyclic) bond motifs is 2. The van der Waals surface area contributed by atoms with E-state index in [0.29, 0.717) is 68.3 Å². The molecule has 41 heavy (non-hydrogen) atoms. The second-order valence-corrected chi connectivity index (χ2v) is 12.9. The molecule has 3 atom stereocenters. The lowest BCUT2D eigenvalue weighted by Gasteiger charge is -2.57. The van der Waals surface area contributed by atoms with E-state index in [4.69, 9.17) is 29.9 Å². The van der Waals surface area contributed by atoms with Crippen LogP contribution in [0.5, 0.6) is 6.01 Å². The molecule has 0 amide bonds. The lowest BCUT2D eigenvalue weighted by molar-refractivity contribution is -0.151. The summed E-state index contributed by atoms with van der Waals surface area (Å²) in [5, 5.41) is 10.2. The molecule has 3 aliphatic carbocycles. The van der Waals surface area contributed by atoms with Crippen molar-refractivity contribution in [3.63, 3.8) is 0 Å². The van der Waals surface area contributed by atoms with E-state index in [1.54, 1.807) is 0 Å². The smallest absolute Gasteiger partial charge is 0.318 e. The molecule has 10 heteroatoms. The van der Waals surface area contributed by atoms with Gasteiger partial charge >= 0.3 is 6.01 Å². The van der Waals surface area contributed by atoms with E-state index in [1.807, 2.05) is 6.07 Å². The lowest BCUT2D eigenvalue weighted by Crippen LogP contribution is -2.53. The Kier molecular flexibility index (Phi) is 5.96. The zero-order chi connectivity index (χ0) is 27.8. The van der Waals surface area contributed by atoms with Crippen molar-refractivity contribution in [2.75, 3.05) is 56.6 Å². The third-order valence-electron chi connectivity index (χ3n) is 10.7. The SMILES string of the molecule is N#Cc1c(N)ccc2c1C1(Cc3nc(OCC45CCCN4CC(F)C5)nc(N4CCCOCC4)c3CO1)C1CC2C1. The topological polar surface area (TPSA) is 110 Å². The zero-order valence-electron chi connectivity index (χ0n) is 23.4. The molecule has 7 aliphatic rings. The monoisotopic (exact) mass is 560 g/mol. The maximum atomic E-state index is 14.4. The molecule has 4 fully saturated rings. The van der Waals surface area contributed by atoms with Crippen molar-refractivity contribution in [2.24, 2.45) is 5.92 Å². The maximum Gasteiger partial charge on any atom is 0.318 e. The average Bonchev–Trinajstić information content (AvgIpc) is 3.32. The fourth-order valence-electron chi connectivity index (χ4n) is 8.65. The summed E-state index contributed by atoms with van der Waals surface area (Å²) >= 11 is 0. The van der Waals surface area contributed by atoms with Crippen molar-refractivity contribution in [3.05, 3.63) is 40.1 Å². The Balaban J connectivity index is 1.19. The Labute approximate surface area is 239 Å². The molecule has 1 aromatic carbocycles. The molecule has 1 aromatic heterocycles. The number of nitrogens with two attached hydrogens (primary N) is 1. The highest BCUT2D eigenvalue weighted by Gasteiger charge is 2.58. The summed E-state index contributed by atoms with van der Waals surface area (Å²) < 4.78 is 33.5. The Morgan fingerprint density at radius 1 is 1.17 bits per heavy atom. The first-order chi connectivity index (χ1) is 20.0. The number of hydrogen-bond acceptors (Lipinski definition) is 9. The second-order valence-electron chi connectivity index (χ2n) is 12.9. The molecule has 9 nitrogen and oxygen atoms in total.